The van der Waals surface area contributed by atoms with Gasteiger partial charge in [-0.15, -0.1) is 0 Å². The molecule has 0 radical (unpaired) electrons. The maximum Gasteiger partial charge on any atom is 0.159 e. The third-order valence-corrected chi connectivity index (χ3v) is 7.25. The minimum Gasteiger partial charge on any atom is -0.204 e. The molecule has 0 heterocycles. The number of halogens is 2. The molecule has 0 aromatic heterocycles. The van der Waals surface area contributed by atoms with Gasteiger partial charge in [0.1, 0.15) is 0 Å². The summed E-state index contributed by atoms with van der Waals surface area (Å²) < 4.78 is 26.3. The molecule has 0 N–H and O–H groups in total. The smallest absolute Gasteiger partial charge is 0.159 e. The van der Waals surface area contributed by atoms with Gasteiger partial charge in [-0.1, -0.05) is 76.0 Å². The Hall–Kier alpha value is -1.18. The van der Waals surface area contributed by atoms with E-state index in [0.717, 1.165) is 36.2 Å². The molecule has 156 valence electrons. The summed E-state index contributed by atoms with van der Waals surface area (Å²) in [5.74, 6) is 1.39. The number of unbranched alkanes of at least 4 members (excludes halogenated alkanes) is 1. The van der Waals surface area contributed by atoms with Crippen LogP contribution in [-0.4, -0.2) is 0 Å². The third-order valence-electron chi connectivity index (χ3n) is 7.25. The molecule has 3 rings (SSSR count). The van der Waals surface area contributed by atoms with E-state index in [2.05, 4.69) is 13.0 Å². The Morgan fingerprint density at radius 2 is 1.54 bits per heavy atom. The molecule has 0 spiro atoms. The molecular weight excluding hydrogens is 350 g/mol. The fraction of sp³-hybridized carbons (Fsp3) is 0.692. The van der Waals surface area contributed by atoms with E-state index in [0.29, 0.717) is 0 Å². The lowest BCUT2D eigenvalue weighted by Crippen LogP contribution is -2.16. The molecular formula is C26H38F2. The highest BCUT2D eigenvalue weighted by molar-refractivity contribution is 5.19. The molecule has 1 aromatic carbocycles. The molecule has 1 atom stereocenters. The van der Waals surface area contributed by atoms with Crippen LogP contribution in [0.3, 0.4) is 0 Å². The molecule has 2 aliphatic rings. The van der Waals surface area contributed by atoms with Crippen LogP contribution in [0.25, 0.3) is 0 Å². The Kier molecular flexibility index (Phi) is 8.55. The zero-order chi connectivity index (χ0) is 19.8. The first-order valence-electron chi connectivity index (χ1n) is 11.8. The van der Waals surface area contributed by atoms with Crippen molar-refractivity contribution >= 4 is 0 Å². The van der Waals surface area contributed by atoms with Gasteiger partial charge in [-0.3, -0.25) is 0 Å². The molecule has 0 aliphatic heterocycles. The third kappa shape index (κ3) is 6.71. The summed E-state index contributed by atoms with van der Waals surface area (Å²) in [7, 11) is 0. The van der Waals surface area contributed by atoms with Gasteiger partial charge in [-0.05, 0) is 74.0 Å². The highest BCUT2D eigenvalue weighted by Crippen LogP contribution is 2.37. The predicted octanol–water partition coefficient (Wildman–Crippen LogP) is 8.40. The summed E-state index contributed by atoms with van der Waals surface area (Å²) in [4.78, 5) is 0. The standard InChI is InChI=1S/C26H38F2/c1-2-3-4-20-5-7-21(8-6-20)9-10-22-11-13-23(14-12-22)15-16-24-17-18-25(27)26(28)19-24/h13,17-22H,2-12,14-16H2,1H3/t20-,21-,22?. The van der Waals surface area contributed by atoms with Gasteiger partial charge >= 0.3 is 0 Å². The first-order valence-corrected chi connectivity index (χ1v) is 11.8. The highest BCUT2D eigenvalue weighted by Gasteiger charge is 2.22. The van der Waals surface area contributed by atoms with Crippen molar-refractivity contribution in [2.24, 2.45) is 17.8 Å². The largest absolute Gasteiger partial charge is 0.204 e. The van der Waals surface area contributed by atoms with Crippen LogP contribution in [0.2, 0.25) is 0 Å². The van der Waals surface area contributed by atoms with Gasteiger partial charge in [0.2, 0.25) is 0 Å². The second-order valence-corrected chi connectivity index (χ2v) is 9.36. The van der Waals surface area contributed by atoms with Crippen molar-refractivity contribution in [3.63, 3.8) is 0 Å². The van der Waals surface area contributed by atoms with Crippen LogP contribution in [0.4, 0.5) is 8.78 Å². The minimum absolute atomic E-state index is 0.727. The second-order valence-electron chi connectivity index (χ2n) is 9.36. The van der Waals surface area contributed by atoms with Gasteiger partial charge in [-0.2, -0.15) is 0 Å². The van der Waals surface area contributed by atoms with E-state index in [1.807, 2.05) is 0 Å². The SMILES string of the molecule is CCCC[C@H]1CC[C@H](CCC2CC=C(CCc3ccc(F)c(F)c3)CC2)CC1. The van der Waals surface area contributed by atoms with Gasteiger partial charge < -0.3 is 0 Å². The second kappa shape index (κ2) is 11.1. The average Bonchev–Trinajstić information content (AvgIpc) is 2.73. The fourth-order valence-corrected chi connectivity index (χ4v) is 5.21. The van der Waals surface area contributed by atoms with Crippen LogP contribution in [0, 0.1) is 29.4 Å². The number of benzene rings is 1. The number of allylic oxidation sites excluding steroid dienone is 2. The van der Waals surface area contributed by atoms with Crippen molar-refractivity contribution in [1.82, 2.24) is 0 Å². The molecule has 1 saturated carbocycles. The van der Waals surface area contributed by atoms with E-state index in [1.165, 1.54) is 94.8 Å². The molecule has 28 heavy (non-hydrogen) atoms. The van der Waals surface area contributed by atoms with Crippen LogP contribution in [0.5, 0.6) is 0 Å². The molecule has 1 unspecified atom stereocenters. The van der Waals surface area contributed by atoms with Crippen molar-refractivity contribution in [2.75, 3.05) is 0 Å². The van der Waals surface area contributed by atoms with E-state index in [1.54, 1.807) is 6.07 Å². The van der Waals surface area contributed by atoms with Crippen molar-refractivity contribution in [3.8, 4) is 0 Å². The molecule has 0 amide bonds. The van der Waals surface area contributed by atoms with Gasteiger partial charge in [-0.25, -0.2) is 8.78 Å². The Balaban J connectivity index is 1.32. The van der Waals surface area contributed by atoms with Crippen molar-refractivity contribution in [3.05, 3.63) is 47.0 Å². The van der Waals surface area contributed by atoms with E-state index in [9.17, 15) is 8.78 Å². The molecule has 0 saturated heterocycles. The summed E-state index contributed by atoms with van der Waals surface area (Å²) in [6.07, 6.45) is 20.9. The molecule has 2 heteroatoms. The molecule has 2 aliphatic carbocycles. The van der Waals surface area contributed by atoms with Crippen LogP contribution in [0.15, 0.2) is 29.8 Å². The Morgan fingerprint density at radius 1 is 0.821 bits per heavy atom. The quantitative estimate of drug-likeness (QED) is 0.372. The summed E-state index contributed by atoms with van der Waals surface area (Å²) in [6.45, 7) is 2.30. The zero-order valence-electron chi connectivity index (χ0n) is 17.7. The lowest BCUT2D eigenvalue weighted by Gasteiger charge is -2.30. The maximum atomic E-state index is 13.3. The van der Waals surface area contributed by atoms with Crippen LogP contribution in [-0.2, 0) is 6.42 Å². The number of rotatable bonds is 9. The number of hydrogen-bond acceptors (Lipinski definition) is 0. The monoisotopic (exact) mass is 388 g/mol. The van der Waals surface area contributed by atoms with E-state index in [4.69, 9.17) is 0 Å². The summed E-state index contributed by atoms with van der Waals surface area (Å²) in [5, 5.41) is 0. The maximum absolute atomic E-state index is 13.3. The topological polar surface area (TPSA) is 0 Å². The zero-order valence-corrected chi connectivity index (χ0v) is 17.7. The predicted molar refractivity (Wildman–Crippen MR) is 114 cm³/mol. The van der Waals surface area contributed by atoms with Crippen LogP contribution >= 0.6 is 0 Å². The van der Waals surface area contributed by atoms with E-state index < -0.39 is 11.6 Å². The number of hydrogen-bond donors (Lipinski definition) is 0. The Bertz CT molecular complexity index is 625. The molecule has 1 aromatic rings. The first kappa shape index (κ1) is 21.5. The number of aryl methyl sites for hydroxylation is 1. The molecule has 1 fully saturated rings. The summed E-state index contributed by atoms with van der Waals surface area (Å²) in [5.41, 5.74) is 2.41. The molecule has 0 bridgehead atoms. The van der Waals surface area contributed by atoms with Crippen molar-refractivity contribution in [1.29, 1.82) is 0 Å². The average molecular weight is 389 g/mol. The van der Waals surface area contributed by atoms with Gasteiger partial charge in [0, 0.05) is 0 Å². The summed E-state index contributed by atoms with van der Waals surface area (Å²) >= 11 is 0. The summed E-state index contributed by atoms with van der Waals surface area (Å²) in [6, 6.07) is 4.30. The van der Waals surface area contributed by atoms with E-state index in [-0.39, 0.29) is 0 Å². The van der Waals surface area contributed by atoms with Gasteiger partial charge in [0.05, 0.1) is 0 Å². The van der Waals surface area contributed by atoms with Crippen LogP contribution in [0.1, 0.15) is 96.0 Å². The van der Waals surface area contributed by atoms with Gasteiger partial charge in [0.15, 0.2) is 11.6 Å². The lowest BCUT2D eigenvalue weighted by atomic mass is 9.76. The van der Waals surface area contributed by atoms with Crippen molar-refractivity contribution in [2.45, 2.75) is 96.8 Å². The first-order chi connectivity index (χ1) is 13.6. The van der Waals surface area contributed by atoms with Crippen molar-refractivity contribution < 1.29 is 8.78 Å². The Morgan fingerprint density at radius 3 is 2.18 bits per heavy atom. The normalized spacial score (nSPS) is 25.5. The highest BCUT2D eigenvalue weighted by atomic mass is 19.2. The van der Waals surface area contributed by atoms with E-state index >= 15 is 0 Å². The lowest BCUT2D eigenvalue weighted by molar-refractivity contribution is 0.235. The fourth-order valence-electron chi connectivity index (χ4n) is 5.21. The minimum atomic E-state index is -0.752. The van der Waals surface area contributed by atoms with Gasteiger partial charge in [0.25, 0.3) is 0 Å². The Labute approximate surface area is 170 Å². The molecule has 0 nitrogen and oxygen atoms in total. The van der Waals surface area contributed by atoms with Crippen LogP contribution < -0.4 is 0 Å².